The molecule has 9 heteroatoms. The molecule has 2 N–H and O–H groups in total. The molecule has 1 aliphatic rings. The van der Waals surface area contributed by atoms with Crippen LogP contribution in [0, 0.1) is 0 Å². The average Bonchev–Trinajstić information content (AvgIpc) is 2.88. The number of halogens is 1. The van der Waals surface area contributed by atoms with E-state index in [2.05, 4.69) is 4.98 Å². The highest BCUT2D eigenvalue weighted by Gasteiger charge is 2.30. The summed E-state index contributed by atoms with van der Waals surface area (Å²) in [6.07, 6.45) is 1.67. The molecule has 2 heterocycles. The summed E-state index contributed by atoms with van der Waals surface area (Å²) < 4.78 is 27.9. The quantitative estimate of drug-likeness (QED) is 0.445. The summed E-state index contributed by atoms with van der Waals surface area (Å²) in [4.78, 5) is 19.2. The molecule has 5 rings (SSSR count). The van der Waals surface area contributed by atoms with Crippen molar-refractivity contribution in [3.8, 4) is 11.3 Å². The Bertz CT molecular complexity index is 1520. The van der Waals surface area contributed by atoms with Gasteiger partial charge in [-0.25, -0.2) is 8.42 Å². The van der Waals surface area contributed by atoms with Crippen LogP contribution in [0.5, 0.6) is 0 Å². The van der Waals surface area contributed by atoms with E-state index in [0.717, 1.165) is 16.3 Å². The number of sulfonamides is 1. The van der Waals surface area contributed by atoms with Crippen LogP contribution in [-0.2, 0) is 10.0 Å². The van der Waals surface area contributed by atoms with Gasteiger partial charge >= 0.3 is 0 Å². The molecule has 0 bridgehead atoms. The van der Waals surface area contributed by atoms with Crippen molar-refractivity contribution < 1.29 is 13.2 Å². The van der Waals surface area contributed by atoms with Gasteiger partial charge in [0.2, 0.25) is 10.0 Å². The third-order valence-electron chi connectivity index (χ3n) is 6.18. The third-order valence-corrected chi connectivity index (χ3v) is 8.31. The van der Waals surface area contributed by atoms with Crippen LogP contribution < -0.4 is 5.73 Å². The van der Waals surface area contributed by atoms with E-state index in [-0.39, 0.29) is 23.9 Å². The monoisotopic (exact) mass is 506 g/mol. The predicted molar refractivity (Wildman–Crippen MR) is 138 cm³/mol. The van der Waals surface area contributed by atoms with E-state index in [1.54, 1.807) is 71.8 Å². The van der Waals surface area contributed by atoms with E-state index >= 15 is 0 Å². The summed E-state index contributed by atoms with van der Waals surface area (Å²) in [5.41, 5.74) is 8.59. The van der Waals surface area contributed by atoms with Gasteiger partial charge in [0.1, 0.15) is 0 Å². The molecule has 35 heavy (non-hydrogen) atoms. The van der Waals surface area contributed by atoms with Gasteiger partial charge in [0.25, 0.3) is 5.91 Å². The summed E-state index contributed by atoms with van der Waals surface area (Å²) >= 11 is 6.03. The summed E-state index contributed by atoms with van der Waals surface area (Å²) in [7, 11) is -3.67. The highest BCUT2D eigenvalue weighted by Crippen LogP contribution is 2.26. The first kappa shape index (κ1) is 23.3. The molecule has 0 saturated carbocycles. The second-order valence-corrected chi connectivity index (χ2v) is 10.7. The molecule has 0 aliphatic carbocycles. The van der Waals surface area contributed by atoms with Gasteiger partial charge in [-0.05, 0) is 59.3 Å². The molecule has 178 valence electrons. The molecule has 4 aromatic rings. The minimum atomic E-state index is -3.67. The van der Waals surface area contributed by atoms with Crippen molar-refractivity contribution in [1.29, 1.82) is 0 Å². The Morgan fingerprint density at radius 3 is 2.29 bits per heavy atom. The van der Waals surface area contributed by atoms with Gasteiger partial charge < -0.3 is 10.6 Å². The molecule has 3 aromatic carbocycles. The van der Waals surface area contributed by atoms with E-state index < -0.39 is 10.0 Å². The molecule has 0 spiro atoms. The van der Waals surface area contributed by atoms with Gasteiger partial charge in [-0.2, -0.15) is 4.31 Å². The Labute approximate surface area is 208 Å². The Balaban J connectivity index is 1.27. The maximum atomic E-state index is 13.2. The highest BCUT2D eigenvalue weighted by molar-refractivity contribution is 7.89. The van der Waals surface area contributed by atoms with Gasteiger partial charge in [0, 0.05) is 48.5 Å². The first-order valence-corrected chi connectivity index (χ1v) is 12.9. The molecule has 7 nitrogen and oxygen atoms in total. The Hall–Kier alpha value is -3.46. The summed E-state index contributed by atoms with van der Waals surface area (Å²) in [6, 6.07) is 21.0. The van der Waals surface area contributed by atoms with Crippen molar-refractivity contribution in [2.75, 3.05) is 31.9 Å². The van der Waals surface area contributed by atoms with Crippen LogP contribution in [0.3, 0.4) is 0 Å². The van der Waals surface area contributed by atoms with E-state index in [1.807, 2.05) is 12.1 Å². The minimum absolute atomic E-state index is 0.134. The Morgan fingerprint density at radius 2 is 1.57 bits per heavy atom. The number of hydrogen-bond acceptors (Lipinski definition) is 5. The second-order valence-electron chi connectivity index (χ2n) is 8.37. The topological polar surface area (TPSA) is 96.6 Å². The summed E-state index contributed by atoms with van der Waals surface area (Å²) in [5, 5.41) is 2.29. The van der Waals surface area contributed by atoms with Gasteiger partial charge in [-0.1, -0.05) is 35.9 Å². The zero-order valence-electron chi connectivity index (χ0n) is 18.8. The van der Waals surface area contributed by atoms with E-state index in [0.29, 0.717) is 35.1 Å². The highest BCUT2D eigenvalue weighted by atomic mass is 35.5. The number of carbonyl (C=O) groups excluding carboxylic acids is 1. The van der Waals surface area contributed by atoms with Crippen LogP contribution in [0.2, 0.25) is 5.02 Å². The van der Waals surface area contributed by atoms with E-state index in [9.17, 15) is 13.2 Å². The molecular formula is C26H23ClN4O3S. The largest absolute Gasteiger partial charge is 0.397 e. The second kappa shape index (κ2) is 9.30. The molecule has 0 unspecified atom stereocenters. The lowest BCUT2D eigenvalue weighted by Crippen LogP contribution is -2.50. The maximum absolute atomic E-state index is 13.2. The predicted octanol–water partition coefficient (Wildman–Crippen LogP) is 4.28. The molecule has 0 atom stereocenters. The zero-order chi connectivity index (χ0) is 24.6. The summed E-state index contributed by atoms with van der Waals surface area (Å²) in [6.45, 7) is 1.09. The number of piperazine rings is 1. The zero-order valence-corrected chi connectivity index (χ0v) is 20.3. The van der Waals surface area contributed by atoms with Crippen LogP contribution >= 0.6 is 11.6 Å². The van der Waals surface area contributed by atoms with Crippen LogP contribution in [-0.4, -0.2) is 54.7 Å². The van der Waals surface area contributed by atoms with Crippen molar-refractivity contribution >= 4 is 44.0 Å². The third kappa shape index (κ3) is 4.60. The van der Waals surface area contributed by atoms with Gasteiger partial charge in [-0.3, -0.25) is 9.78 Å². The van der Waals surface area contributed by atoms with E-state index in [1.165, 1.54) is 4.31 Å². The number of amides is 1. The molecule has 0 radical (unpaired) electrons. The van der Waals surface area contributed by atoms with E-state index in [4.69, 9.17) is 17.3 Å². The number of benzene rings is 3. The molecule has 1 fully saturated rings. The molecular weight excluding hydrogens is 484 g/mol. The number of fused-ring (bicyclic) bond motifs is 1. The summed E-state index contributed by atoms with van der Waals surface area (Å²) in [5.74, 6) is -0.134. The number of anilines is 1. The number of rotatable bonds is 4. The normalized spacial score (nSPS) is 14.8. The fraction of sp³-hybridized carbons (Fsp3) is 0.154. The number of nitrogen functional groups attached to an aromatic ring is 1. The standard InChI is InChI=1S/C26H23ClN4O3S/c27-22-9-7-21-17-23(10-8-20(21)16-22)35(33,34)31-14-12-30(13-15-31)26(32)19-5-3-18(4-6-19)25-24(28)2-1-11-29-25/h1-11,16-17H,12-15,28H2. The number of aromatic nitrogens is 1. The Kier molecular flexibility index (Phi) is 6.19. The first-order chi connectivity index (χ1) is 16.8. The van der Waals surface area contributed by atoms with Gasteiger partial charge in [-0.15, -0.1) is 0 Å². The smallest absolute Gasteiger partial charge is 0.253 e. The van der Waals surface area contributed by atoms with Gasteiger partial charge in [0.05, 0.1) is 16.3 Å². The molecule has 1 aromatic heterocycles. The Morgan fingerprint density at radius 1 is 0.886 bits per heavy atom. The van der Waals surface area contributed by atoms with Crippen molar-refractivity contribution in [2.45, 2.75) is 4.90 Å². The number of nitrogens with zero attached hydrogens (tertiary/aromatic N) is 3. The van der Waals surface area contributed by atoms with Crippen LogP contribution in [0.4, 0.5) is 5.69 Å². The molecule has 1 aliphatic heterocycles. The molecule has 1 amide bonds. The number of hydrogen-bond donors (Lipinski definition) is 1. The lowest BCUT2D eigenvalue weighted by Gasteiger charge is -2.34. The van der Waals surface area contributed by atoms with Crippen molar-refractivity contribution in [1.82, 2.24) is 14.2 Å². The van der Waals surface area contributed by atoms with Crippen LogP contribution in [0.1, 0.15) is 10.4 Å². The average molecular weight is 507 g/mol. The fourth-order valence-electron chi connectivity index (χ4n) is 4.25. The minimum Gasteiger partial charge on any atom is -0.397 e. The lowest BCUT2D eigenvalue weighted by molar-refractivity contribution is 0.0698. The fourth-order valence-corrected chi connectivity index (χ4v) is 5.89. The number of pyridine rings is 1. The van der Waals surface area contributed by atoms with Crippen LogP contribution in [0.15, 0.2) is 83.9 Å². The first-order valence-electron chi connectivity index (χ1n) is 11.1. The molecule has 1 saturated heterocycles. The van der Waals surface area contributed by atoms with Gasteiger partial charge in [0.15, 0.2) is 0 Å². The van der Waals surface area contributed by atoms with Crippen LogP contribution in [0.25, 0.3) is 22.0 Å². The lowest BCUT2D eigenvalue weighted by atomic mass is 10.1. The number of carbonyl (C=O) groups is 1. The van der Waals surface area contributed by atoms with Crippen molar-refractivity contribution in [3.05, 3.63) is 89.6 Å². The van der Waals surface area contributed by atoms with Crippen molar-refractivity contribution in [2.24, 2.45) is 0 Å². The SMILES string of the molecule is Nc1cccnc1-c1ccc(C(=O)N2CCN(S(=O)(=O)c3ccc4cc(Cl)ccc4c3)CC2)cc1. The number of nitrogens with two attached hydrogens (primary N) is 1. The van der Waals surface area contributed by atoms with Crippen molar-refractivity contribution in [3.63, 3.8) is 0 Å². The maximum Gasteiger partial charge on any atom is 0.253 e.